The van der Waals surface area contributed by atoms with E-state index in [2.05, 4.69) is 0 Å². The zero-order valence-corrected chi connectivity index (χ0v) is 10.4. The smallest absolute Gasteiger partial charge is 0.303 e. The average Bonchev–Trinajstić information content (AvgIpc) is 2.27. The molecule has 1 aromatic rings. The molecule has 1 atom stereocenters. The minimum atomic E-state index is -0.917. The fourth-order valence-corrected chi connectivity index (χ4v) is 1.61. The van der Waals surface area contributed by atoms with Crippen LogP contribution in [0.5, 0.6) is 0 Å². The van der Waals surface area contributed by atoms with E-state index in [1.54, 1.807) is 14.0 Å². The van der Waals surface area contributed by atoms with Gasteiger partial charge in [-0.3, -0.25) is 9.59 Å². The average molecular weight is 253 g/mol. The van der Waals surface area contributed by atoms with E-state index in [1.807, 2.05) is 0 Å². The van der Waals surface area contributed by atoms with Crippen LogP contribution >= 0.6 is 0 Å². The second-order valence-corrected chi connectivity index (χ2v) is 4.34. The highest BCUT2D eigenvalue weighted by atomic mass is 19.1. The van der Waals surface area contributed by atoms with Gasteiger partial charge in [0.1, 0.15) is 5.82 Å². The lowest BCUT2D eigenvalue weighted by molar-refractivity contribution is -0.138. The number of rotatable bonds is 5. The number of anilines is 1. The first-order valence-corrected chi connectivity index (χ1v) is 5.64. The first-order valence-electron chi connectivity index (χ1n) is 5.64. The van der Waals surface area contributed by atoms with Gasteiger partial charge in [0.05, 0.1) is 0 Å². The summed E-state index contributed by atoms with van der Waals surface area (Å²) in [5.41, 5.74) is 0.587. The Morgan fingerprint density at radius 3 is 2.33 bits per heavy atom. The minimum Gasteiger partial charge on any atom is -0.481 e. The molecular formula is C13H16FNO3. The van der Waals surface area contributed by atoms with E-state index in [0.29, 0.717) is 5.69 Å². The largest absolute Gasteiger partial charge is 0.481 e. The molecule has 0 aromatic heterocycles. The first-order chi connectivity index (χ1) is 8.40. The molecule has 98 valence electrons. The lowest BCUT2D eigenvalue weighted by Crippen LogP contribution is -2.28. The molecule has 0 aliphatic heterocycles. The number of aliphatic carboxylic acids is 1. The molecule has 5 heteroatoms. The summed E-state index contributed by atoms with van der Waals surface area (Å²) in [5.74, 6) is -1.69. The van der Waals surface area contributed by atoms with Gasteiger partial charge in [-0.25, -0.2) is 4.39 Å². The van der Waals surface area contributed by atoms with Crippen LogP contribution in [0.4, 0.5) is 10.1 Å². The van der Waals surface area contributed by atoms with Crippen molar-refractivity contribution < 1.29 is 19.1 Å². The molecule has 0 spiro atoms. The van der Waals surface area contributed by atoms with Crippen LogP contribution < -0.4 is 4.90 Å². The Kier molecular flexibility index (Phi) is 4.83. The molecular weight excluding hydrogens is 237 g/mol. The Bertz CT molecular complexity index is 430. The SMILES string of the molecule is CC(CC(=O)O)CC(=O)N(C)c1ccc(F)cc1. The van der Waals surface area contributed by atoms with Crippen molar-refractivity contribution in [3.8, 4) is 0 Å². The van der Waals surface area contributed by atoms with E-state index in [9.17, 15) is 14.0 Å². The number of carboxylic acids is 1. The summed E-state index contributed by atoms with van der Waals surface area (Å²) in [6.45, 7) is 1.71. The van der Waals surface area contributed by atoms with Crippen molar-refractivity contribution in [1.82, 2.24) is 0 Å². The van der Waals surface area contributed by atoms with Crippen LogP contribution in [0.2, 0.25) is 0 Å². The summed E-state index contributed by atoms with van der Waals surface area (Å²) in [5, 5.41) is 8.62. The van der Waals surface area contributed by atoms with Gasteiger partial charge in [-0.2, -0.15) is 0 Å². The third kappa shape index (κ3) is 4.16. The highest BCUT2D eigenvalue weighted by molar-refractivity contribution is 5.93. The summed E-state index contributed by atoms with van der Waals surface area (Å²) in [6.07, 6.45) is 0.114. The van der Waals surface area contributed by atoms with Crippen LogP contribution in [0.25, 0.3) is 0 Å². The molecule has 0 radical (unpaired) electrons. The monoisotopic (exact) mass is 253 g/mol. The van der Waals surface area contributed by atoms with Gasteiger partial charge in [-0.1, -0.05) is 6.92 Å². The van der Waals surface area contributed by atoms with Crippen molar-refractivity contribution in [2.75, 3.05) is 11.9 Å². The zero-order valence-electron chi connectivity index (χ0n) is 10.4. The Morgan fingerprint density at radius 1 is 1.28 bits per heavy atom. The molecule has 0 aliphatic carbocycles. The van der Waals surface area contributed by atoms with Crippen LogP contribution in [0, 0.1) is 11.7 Å². The Morgan fingerprint density at radius 2 is 1.83 bits per heavy atom. The molecule has 1 rings (SSSR count). The van der Waals surface area contributed by atoms with Gasteiger partial charge in [-0.15, -0.1) is 0 Å². The quantitative estimate of drug-likeness (QED) is 0.875. The van der Waals surface area contributed by atoms with E-state index >= 15 is 0 Å². The number of carbonyl (C=O) groups excluding carboxylic acids is 1. The Hall–Kier alpha value is -1.91. The lowest BCUT2D eigenvalue weighted by atomic mass is 10.0. The maximum absolute atomic E-state index is 12.7. The lowest BCUT2D eigenvalue weighted by Gasteiger charge is -2.19. The maximum Gasteiger partial charge on any atom is 0.303 e. The van der Waals surface area contributed by atoms with Gasteiger partial charge in [0, 0.05) is 25.6 Å². The summed E-state index contributed by atoms with van der Waals surface area (Å²) in [4.78, 5) is 23.8. The molecule has 18 heavy (non-hydrogen) atoms. The first kappa shape index (κ1) is 14.2. The third-order valence-corrected chi connectivity index (χ3v) is 2.63. The zero-order chi connectivity index (χ0) is 13.7. The summed E-state index contributed by atoms with van der Waals surface area (Å²) in [6, 6.07) is 5.57. The normalized spacial score (nSPS) is 11.9. The topological polar surface area (TPSA) is 57.6 Å². The fourth-order valence-electron chi connectivity index (χ4n) is 1.61. The van der Waals surface area contributed by atoms with E-state index < -0.39 is 5.97 Å². The van der Waals surface area contributed by atoms with Crippen molar-refractivity contribution in [1.29, 1.82) is 0 Å². The van der Waals surface area contributed by atoms with Crippen molar-refractivity contribution in [2.45, 2.75) is 19.8 Å². The second-order valence-electron chi connectivity index (χ2n) is 4.34. The van der Waals surface area contributed by atoms with Crippen molar-refractivity contribution in [3.63, 3.8) is 0 Å². The highest BCUT2D eigenvalue weighted by Crippen LogP contribution is 2.16. The molecule has 0 heterocycles. The van der Waals surface area contributed by atoms with Gasteiger partial charge in [0.2, 0.25) is 5.91 Å². The molecule has 0 saturated heterocycles. The van der Waals surface area contributed by atoms with E-state index in [-0.39, 0.29) is 30.5 Å². The van der Waals surface area contributed by atoms with Gasteiger partial charge >= 0.3 is 5.97 Å². The molecule has 1 unspecified atom stereocenters. The molecule has 0 fully saturated rings. The van der Waals surface area contributed by atoms with Crippen LogP contribution in [-0.4, -0.2) is 24.0 Å². The van der Waals surface area contributed by atoms with Crippen LogP contribution in [0.15, 0.2) is 24.3 Å². The summed E-state index contributed by atoms with van der Waals surface area (Å²) < 4.78 is 12.7. The Balaban J connectivity index is 2.61. The number of halogens is 1. The predicted octanol–water partition coefficient (Wildman–Crippen LogP) is 2.29. The molecule has 0 aliphatic rings. The Labute approximate surface area is 105 Å². The van der Waals surface area contributed by atoms with E-state index in [1.165, 1.54) is 29.2 Å². The predicted molar refractivity (Wildman–Crippen MR) is 65.8 cm³/mol. The van der Waals surface area contributed by atoms with Gasteiger partial charge in [0.15, 0.2) is 0 Å². The third-order valence-electron chi connectivity index (χ3n) is 2.63. The van der Waals surface area contributed by atoms with Gasteiger partial charge in [0.25, 0.3) is 0 Å². The number of amides is 1. The number of hydrogen-bond donors (Lipinski definition) is 1. The van der Waals surface area contributed by atoms with E-state index in [4.69, 9.17) is 5.11 Å². The number of nitrogens with zero attached hydrogens (tertiary/aromatic N) is 1. The number of carbonyl (C=O) groups is 2. The number of benzene rings is 1. The number of hydrogen-bond acceptors (Lipinski definition) is 2. The molecule has 0 saturated carbocycles. The second kappa shape index (κ2) is 6.14. The van der Waals surface area contributed by atoms with Crippen LogP contribution in [0.3, 0.4) is 0 Å². The maximum atomic E-state index is 12.7. The van der Waals surface area contributed by atoms with Crippen LogP contribution in [-0.2, 0) is 9.59 Å². The summed E-state index contributed by atoms with van der Waals surface area (Å²) >= 11 is 0. The fraction of sp³-hybridized carbons (Fsp3) is 0.385. The van der Waals surface area contributed by atoms with Gasteiger partial charge in [-0.05, 0) is 30.2 Å². The molecule has 1 amide bonds. The van der Waals surface area contributed by atoms with Gasteiger partial charge < -0.3 is 10.0 Å². The van der Waals surface area contributed by atoms with Crippen molar-refractivity contribution in [3.05, 3.63) is 30.1 Å². The molecule has 0 bridgehead atoms. The molecule has 1 aromatic carbocycles. The van der Waals surface area contributed by atoms with Crippen LogP contribution in [0.1, 0.15) is 19.8 Å². The standard InChI is InChI=1S/C13H16FNO3/c1-9(8-13(17)18)7-12(16)15(2)11-5-3-10(14)4-6-11/h3-6,9H,7-8H2,1-2H3,(H,17,18). The van der Waals surface area contributed by atoms with Crippen molar-refractivity contribution in [2.24, 2.45) is 5.92 Å². The van der Waals surface area contributed by atoms with E-state index in [0.717, 1.165) is 0 Å². The van der Waals surface area contributed by atoms with Crippen molar-refractivity contribution >= 4 is 17.6 Å². The minimum absolute atomic E-state index is 0.0387. The molecule has 4 nitrogen and oxygen atoms in total. The summed E-state index contributed by atoms with van der Waals surface area (Å²) in [7, 11) is 1.59. The molecule has 1 N–H and O–H groups in total. The number of carboxylic acid groups (broad SMARTS) is 1. The highest BCUT2D eigenvalue weighted by Gasteiger charge is 2.16.